The van der Waals surface area contributed by atoms with Gasteiger partial charge in [-0.1, -0.05) is 24.6 Å². The first-order chi connectivity index (χ1) is 10.9. The van der Waals surface area contributed by atoms with Crippen LogP contribution < -0.4 is 5.32 Å². The number of nitrogens with zero attached hydrogens (tertiary/aromatic N) is 1. The molecule has 1 aromatic rings. The Hall–Kier alpha value is -0.950. The average Bonchev–Trinajstić information content (AvgIpc) is 2.54. The topological polar surface area (TPSA) is 69.6 Å². The SMILES string of the molecule is Cc1ccc(S(=O)(=O)N2CCC(NCC(C)CCO)CC2)cc1. The lowest BCUT2D eigenvalue weighted by Crippen LogP contribution is -2.45. The van der Waals surface area contributed by atoms with E-state index in [-0.39, 0.29) is 6.61 Å². The lowest BCUT2D eigenvalue weighted by Gasteiger charge is -2.32. The van der Waals surface area contributed by atoms with Crippen molar-refractivity contribution in [3.05, 3.63) is 29.8 Å². The van der Waals surface area contributed by atoms with Crippen LogP contribution in [0.4, 0.5) is 0 Å². The van der Waals surface area contributed by atoms with Crippen LogP contribution in [0.5, 0.6) is 0 Å². The second-order valence-corrected chi connectivity index (χ2v) is 8.46. The fourth-order valence-electron chi connectivity index (χ4n) is 2.85. The fraction of sp³-hybridized carbons (Fsp3) is 0.647. The molecule has 23 heavy (non-hydrogen) atoms. The van der Waals surface area contributed by atoms with Crippen molar-refractivity contribution < 1.29 is 13.5 Å². The molecule has 0 bridgehead atoms. The molecule has 0 amide bonds. The molecule has 1 fully saturated rings. The van der Waals surface area contributed by atoms with Gasteiger partial charge in [0.15, 0.2) is 0 Å². The third-order valence-corrected chi connectivity index (χ3v) is 6.40. The van der Waals surface area contributed by atoms with Crippen LogP contribution in [0, 0.1) is 12.8 Å². The third-order valence-electron chi connectivity index (χ3n) is 4.49. The summed E-state index contributed by atoms with van der Waals surface area (Å²) in [7, 11) is -3.37. The van der Waals surface area contributed by atoms with Crippen molar-refractivity contribution >= 4 is 10.0 Å². The van der Waals surface area contributed by atoms with Crippen LogP contribution in [-0.2, 0) is 10.0 Å². The zero-order chi connectivity index (χ0) is 16.9. The number of aliphatic hydroxyl groups excluding tert-OH is 1. The van der Waals surface area contributed by atoms with Gasteiger partial charge in [-0.05, 0) is 50.8 Å². The molecule has 0 spiro atoms. The van der Waals surface area contributed by atoms with Gasteiger partial charge < -0.3 is 10.4 Å². The molecule has 0 radical (unpaired) electrons. The summed E-state index contributed by atoms with van der Waals surface area (Å²) in [4.78, 5) is 0.381. The second-order valence-electron chi connectivity index (χ2n) is 6.52. The Morgan fingerprint density at radius 2 is 1.87 bits per heavy atom. The maximum atomic E-state index is 12.6. The molecular weight excluding hydrogens is 312 g/mol. The highest BCUT2D eigenvalue weighted by molar-refractivity contribution is 7.89. The molecule has 1 aromatic carbocycles. The summed E-state index contributed by atoms with van der Waals surface area (Å²) < 4.78 is 26.9. The number of hydrogen-bond acceptors (Lipinski definition) is 4. The van der Waals surface area contributed by atoms with E-state index in [1.54, 1.807) is 16.4 Å². The number of rotatable bonds is 7. The Kier molecular flexibility index (Phi) is 6.59. The Morgan fingerprint density at radius 3 is 2.43 bits per heavy atom. The lowest BCUT2D eigenvalue weighted by atomic mass is 10.0. The average molecular weight is 340 g/mol. The van der Waals surface area contributed by atoms with Gasteiger partial charge in [-0.15, -0.1) is 0 Å². The Bertz CT molecular complexity index is 578. The molecule has 2 rings (SSSR count). The van der Waals surface area contributed by atoms with Crippen molar-refractivity contribution in [1.29, 1.82) is 0 Å². The normalized spacial score (nSPS) is 18.9. The molecule has 0 aliphatic carbocycles. The fourth-order valence-corrected chi connectivity index (χ4v) is 4.32. The van der Waals surface area contributed by atoms with Gasteiger partial charge in [0, 0.05) is 25.7 Å². The molecule has 1 saturated heterocycles. The predicted octanol–water partition coefficient (Wildman–Crippen LogP) is 1.76. The number of benzene rings is 1. The molecule has 0 saturated carbocycles. The Morgan fingerprint density at radius 1 is 1.26 bits per heavy atom. The molecule has 5 nitrogen and oxygen atoms in total. The first-order valence-corrected chi connectivity index (χ1v) is 9.78. The van der Waals surface area contributed by atoms with Crippen molar-refractivity contribution in [2.24, 2.45) is 5.92 Å². The summed E-state index contributed by atoms with van der Waals surface area (Å²) in [6, 6.07) is 7.41. The highest BCUT2D eigenvalue weighted by Gasteiger charge is 2.29. The summed E-state index contributed by atoms with van der Waals surface area (Å²) in [5, 5.41) is 12.4. The van der Waals surface area contributed by atoms with Gasteiger partial charge in [-0.2, -0.15) is 4.31 Å². The monoisotopic (exact) mass is 340 g/mol. The van der Waals surface area contributed by atoms with Gasteiger partial charge in [0.05, 0.1) is 4.90 Å². The first-order valence-electron chi connectivity index (χ1n) is 8.34. The maximum Gasteiger partial charge on any atom is 0.243 e. The number of nitrogens with one attached hydrogen (secondary N) is 1. The van der Waals surface area contributed by atoms with E-state index in [1.807, 2.05) is 19.1 Å². The highest BCUT2D eigenvalue weighted by atomic mass is 32.2. The van der Waals surface area contributed by atoms with E-state index in [1.165, 1.54) is 0 Å². The summed E-state index contributed by atoms with van der Waals surface area (Å²) in [6.45, 7) is 6.27. The standard InChI is InChI=1S/C17H28N2O3S/c1-14-3-5-17(6-4-14)23(21,22)19-10-7-16(8-11-19)18-13-15(2)9-12-20/h3-6,15-16,18,20H,7-13H2,1-2H3. The number of sulfonamides is 1. The molecular formula is C17H28N2O3S. The summed E-state index contributed by atoms with van der Waals surface area (Å²) in [5.74, 6) is 0.439. The van der Waals surface area contributed by atoms with Crippen LogP contribution in [0.1, 0.15) is 31.7 Å². The van der Waals surface area contributed by atoms with Crippen molar-refractivity contribution in [2.45, 2.75) is 44.0 Å². The maximum absolute atomic E-state index is 12.6. The van der Waals surface area contributed by atoms with Gasteiger partial charge in [-0.25, -0.2) is 8.42 Å². The van der Waals surface area contributed by atoms with Crippen molar-refractivity contribution in [1.82, 2.24) is 9.62 Å². The number of aliphatic hydroxyl groups is 1. The van der Waals surface area contributed by atoms with Gasteiger partial charge in [0.1, 0.15) is 0 Å². The minimum absolute atomic E-state index is 0.218. The van der Waals surface area contributed by atoms with Crippen LogP contribution in [0.3, 0.4) is 0 Å². The van der Waals surface area contributed by atoms with E-state index in [2.05, 4.69) is 12.2 Å². The smallest absolute Gasteiger partial charge is 0.243 e. The predicted molar refractivity (Wildman–Crippen MR) is 91.8 cm³/mol. The molecule has 1 atom stereocenters. The summed E-state index contributed by atoms with van der Waals surface area (Å²) in [6.07, 6.45) is 2.46. The van der Waals surface area contributed by atoms with Crippen LogP contribution in [0.15, 0.2) is 29.2 Å². The van der Waals surface area contributed by atoms with E-state index in [9.17, 15) is 8.42 Å². The van der Waals surface area contributed by atoms with E-state index in [0.717, 1.165) is 31.4 Å². The second kappa shape index (κ2) is 8.24. The number of hydrogen-bond donors (Lipinski definition) is 2. The van der Waals surface area contributed by atoms with Gasteiger partial charge >= 0.3 is 0 Å². The Labute approximate surface area is 139 Å². The van der Waals surface area contributed by atoms with E-state index >= 15 is 0 Å². The zero-order valence-corrected chi connectivity index (χ0v) is 14.8. The lowest BCUT2D eigenvalue weighted by molar-refractivity contribution is 0.246. The molecule has 0 aromatic heterocycles. The molecule has 1 heterocycles. The number of aryl methyl sites for hydroxylation is 1. The van der Waals surface area contributed by atoms with Gasteiger partial charge in [-0.3, -0.25) is 0 Å². The van der Waals surface area contributed by atoms with Crippen LogP contribution >= 0.6 is 0 Å². The minimum atomic E-state index is -3.37. The molecule has 1 aliphatic rings. The van der Waals surface area contributed by atoms with Crippen LogP contribution in [0.2, 0.25) is 0 Å². The Balaban J connectivity index is 1.87. The molecule has 6 heteroatoms. The number of piperidine rings is 1. The highest BCUT2D eigenvalue weighted by Crippen LogP contribution is 2.21. The minimum Gasteiger partial charge on any atom is -0.396 e. The van der Waals surface area contributed by atoms with E-state index in [4.69, 9.17) is 5.11 Å². The quantitative estimate of drug-likeness (QED) is 0.793. The van der Waals surface area contributed by atoms with E-state index in [0.29, 0.717) is 29.9 Å². The molecule has 2 N–H and O–H groups in total. The molecule has 1 unspecified atom stereocenters. The van der Waals surface area contributed by atoms with Crippen LogP contribution in [0.25, 0.3) is 0 Å². The van der Waals surface area contributed by atoms with Crippen molar-refractivity contribution in [3.8, 4) is 0 Å². The summed E-state index contributed by atoms with van der Waals surface area (Å²) >= 11 is 0. The summed E-state index contributed by atoms with van der Waals surface area (Å²) in [5.41, 5.74) is 1.06. The van der Waals surface area contributed by atoms with Gasteiger partial charge in [0.25, 0.3) is 0 Å². The van der Waals surface area contributed by atoms with Crippen molar-refractivity contribution in [2.75, 3.05) is 26.2 Å². The third kappa shape index (κ3) is 5.01. The largest absolute Gasteiger partial charge is 0.396 e. The van der Waals surface area contributed by atoms with Gasteiger partial charge in [0.2, 0.25) is 10.0 Å². The van der Waals surface area contributed by atoms with E-state index < -0.39 is 10.0 Å². The zero-order valence-electron chi connectivity index (χ0n) is 14.0. The van der Waals surface area contributed by atoms with Crippen LogP contribution in [-0.4, -0.2) is 50.1 Å². The van der Waals surface area contributed by atoms with Crippen molar-refractivity contribution in [3.63, 3.8) is 0 Å². The molecule has 1 aliphatic heterocycles. The molecule has 130 valence electrons. The first kappa shape index (κ1) is 18.4.